The van der Waals surface area contributed by atoms with Crippen molar-refractivity contribution in [3.8, 4) is 39.5 Å². The van der Waals surface area contributed by atoms with E-state index < -0.39 is 6.85 Å². The Kier molecular flexibility index (Phi) is 10.7. The Morgan fingerprint density at radius 1 is 0.631 bits per heavy atom. The SMILES string of the molecule is CC(C)(C)c1ccnc(-c2[c-]cccc2)c1.[2H]C([2H])([2H])c1ccc2nc(-c3[c-]ccc4c3oc3c4ccc4c5ccccc5oc43)n(-c3c(C(C)C)cc(-c4ccccc4)cc3C(C)C)c2c1.[Ir]. The Balaban J connectivity index is 0.000000289. The van der Waals surface area contributed by atoms with Crippen molar-refractivity contribution in [3.05, 3.63) is 186 Å². The maximum atomic E-state index is 8.29. The van der Waals surface area contributed by atoms with Gasteiger partial charge < -0.3 is 18.4 Å². The fourth-order valence-corrected chi connectivity index (χ4v) is 8.83. The number of hydrogen-bond acceptors (Lipinski definition) is 4. The number of benzene rings is 7. The molecule has 5 nitrogen and oxygen atoms in total. The van der Waals surface area contributed by atoms with Gasteiger partial charge in [0, 0.05) is 52.3 Å². The number of aryl methyl sites for hydroxylation is 1. The number of pyridine rings is 1. The van der Waals surface area contributed by atoms with Crippen LogP contribution in [-0.2, 0) is 25.5 Å². The maximum Gasteiger partial charge on any atom is 0.177 e. The molecule has 1 radical (unpaired) electrons. The zero-order valence-electron chi connectivity index (χ0n) is 40.6. The molecule has 0 fully saturated rings. The zero-order valence-corrected chi connectivity index (χ0v) is 40.0. The third-order valence-corrected chi connectivity index (χ3v) is 12.2. The Bertz CT molecular complexity index is 3590. The monoisotopic (exact) mass is 1030 g/mol. The molecule has 0 aliphatic rings. The maximum absolute atomic E-state index is 8.29. The first-order valence-electron chi connectivity index (χ1n) is 23.5. The largest absolute Gasteiger partial charge is 0.497 e. The van der Waals surface area contributed by atoms with Gasteiger partial charge in [0.1, 0.15) is 5.58 Å². The van der Waals surface area contributed by atoms with Crippen LogP contribution >= 0.6 is 0 Å². The zero-order chi connectivity index (χ0) is 46.8. The molecule has 7 aromatic carbocycles. The summed E-state index contributed by atoms with van der Waals surface area (Å²) in [6.07, 6.45) is 1.87. The predicted molar refractivity (Wildman–Crippen MR) is 265 cm³/mol. The van der Waals surface area contributed by atoms with E-state index in [1.807, 2.05) is 72.9 Å². The fourth-order valence-electron chi connectivity index (χ4n) is 8.83. The van der Waals surface area contributed by atoms with Crippen molar-refractivity contribution in [3.63, 3.8) is 0 Å². The minimum atomic E-state index is -2.29. The Morgan fingerprint density at radius 2 is 1.32 bits per heavy atom. The summed E-state index contributed by atoms with van der Waals surface area (Å²) >= 11 is 0. The molecule has 65 heavy (non-hydrogen) atoms. The van der Waals surface area contributed by atoms with Crippen LogP contribution in [0.4, 0.5) is 0 Å². The molecule has 0 unspecified atom stereocenters. The van der Waals surface area contributed by atoms with Gasteiger partial charge in [0.2, 0.25) is 0 Å². The second-order valence-corrected chi connectivity index (χ2v) is 18.2. The van der Waals surface area contributed by atoms with Crippen molar-refractivity contribution in [2.45, 2.75) is 72.6 Å². The first kappa shape index (κ1) is 40.0. The van der Waals surface area contributed by atoms with Crippen molar-refractivity contribution in [1.29, 1.82) is 0 Å². The van der Waals surface area contributed by atoms with E-state index in [2.05, 4.69) is 137 Å². The number of hydrogen-bond donors (Lipinski definition) is 0. The third-order valence-electron chi connectivity index (χ3n) is 12.2. The van der Waals surface area contributed by atoms with Gasteiger partial charge in [-0.2, -0.15) is 0 Å². The van der Waals surface area contributed by atoms with Gasteiger partial charge in [-0.3, -0.25) is 4.98 Å². The molecule has 0 spiro atoms. The summed E-state index contributed by atoms with van der Waals surface area (Å²) in [6, 6.07) is 55.2. The predicted octanol–water partition coefficient (Wildman–Crippen LogP) is 16.4. The van der Waals surface area contributed by atoms with Crippen molar-refractivity contribution < 1.29 is 33.1 Å². The molecule has 11 rings (SSSR count). The van der Waals surface area contributed by atoms with Crippen LogP contribution in [0.25, 0.3) is 94.4 Å². The van der Waals surface area contributed by atoms with Crippen LogP contribution in [0.2, 0.25) is 0 Å². The number of furan rings is 2. The minimum Gasteiger partial charge on any atom is -0.497 e. The van der Waals surface area contributed by atoms with Crippen LogP contribution in [0, 0.1) is 19.0 Å². The first-order valence-corrected chi connectivity index (χ1v) is 22.0. The molecule has 4 aromatic heterocycles. The van der Waals surface area contributed by atoms with Crippen LogP contribution < -0.4 is 0 Å². The van der Waals surface area contributed by atoms with Gasteiger partial charge in [-0.05, 0) is 106 Å². The second-order valence-electron chi connectivity index (χ2n) is 18.2. The number of fused-ring (bicyclic) bond motifs is 8. The van der Waals surface area contributed by atoms with Crippen molar-refractivity contribution in [2.24, 2.45) is 0 Å². The van der Waals surface area contributed by atoms with Gasteiger partial charge in [0.05, 0.1) is 22.4 Å². The molecule has 325 valence electrons. The number of nitrogens with zero attached hydrogens (tertiary/aromatic N) is 3. The van der Waals surface area contributed by atoms with E-state index in [-0.39, 0.29) is 42.9 Å². The molecular weight excluding hydrogens is 975 g/mol. The summed E-state index contributed by atoms with van der Waals surface area (Å²) in [5.74, 6) is 0.920. The number of rotatable bonds is 6. The van der Waals surface area contributed by atoms with Crippen molar-refractivity contribution in [2.75, 3.05) is 0 Å². The minimum absolute atomic E-state index is 0. The molecule has 6 heteroatoms. The molecule has 0 saturated carbocycles. The molecule has 0 amide bonds. The summed E-state index contributed by atoms with van der Waals surface area (Å²) in [5.41, 5.74) is 14.3. The van der Waals surface area contributed by atoms with E-state index in [1.165, 1.54) is 5.56 Å². The molecule has 0 N–H and O–H groups in total. The summed E-state index contributed by atoms with van der Waals surface area (Å²) in [4.78, 5) is 9.64. The summed E-state index contributed by atoms with van der Waals surface area (Å²) < 4.78 is 40.2. The second kappa shape index (κ2) is 17.4. The van der Waals surface area contributed by atoms with Crippen molar-refractivity contribution in [1.82, 2.24) is 14.5 Å². The molecule has 11 aromatic rings. The molecular formula is C59H51IrN3O2-2. The first-order chi connectivity index (χ1) is 32.2. The van der Waals surface area contributed by atoms with Gasteiger partial charge >= 0.3 is 0 Å². The van der Waals surface area contributed by atoms with Gasteiger partial charge in [-0.1, -0.05) is 126 Å². The van der Waals surface area contributed by atoms with Crippen LogP contribution in [0.1, 0.15) is 86.7 Å². The quantitative estimate of drug-likeness (QED) is 0.156. The molecule has 0 aliphatic heterocycles. The van der Waals surface area contributed by atoms with E-state index in [9.17, 15) is 0 Å². The van der Waals surface area contributed by atoms with Crippen LogP contribution in [0.3, 0.4) is 0 Å². The third kappa shape index (κ3) is 8.00. The van der Waals surface area contributed by atoms with Crippen LogP contribution in [0.15, 0.2) is 161 Å². The fraction of sp³-hybridized carbons (Fsp3) is 0.186. The molecule has 0 aliphatic carbocycles. The summed E-state index contributed by atoms with van der Waals surface area (Å²) in [5, 5.41) is 3.90. The van der Waals surface area contributed by atoms with E-state index in [0.717, 1.165) is 71.8 Å². The number of aromatic nitrogens is 3. The van der Waals surface area contributed by atoms with E-state index >= 15 is 0 Å². The van der Waals surface area contributed by atoms with Gasteiger partial charge in [0.25, 0.3) is 0 Å². The van der Waals surface area contributed by atoms with Crippen LogP contribution in [0.5, 0.6) is 0 Å². The van der Waals surface area contributed by atoms with E-state index in [1.54, 1.807) is 12.1 Å². The summed E-state index contributed by atoms with van der Waals surface area (Å²) in [6.45, 7) is 13.2. The van der Waals surface area contributed by atoms with E-state index in [0.29, 0.717) is 33.7 Å². The van der Waals surface area contributed by atoms with E-state index in [4.69, 9.17) is 17.9 Å². The van der Waals surface area contributed by atoms with Gasteiger partial charge in [-0.25, -0.2) is 0 Å². The van der Waals surface area contributed by atoms with Gasteiger partial charge in [0.15, 0.2) is 11.2 Å². The molecule has 4 heterocycles. The molecule has 0 atom stereocenters. The topological polar surface area (TPSA) is 57.0 Å². The Morgan fingerprint density at radius 3 is 2.03 bits per heavy atom. The standard InChI is InChI=1S/C44H35N2O2.C15H16N.Ir/c1-25(2)35-23-29(28-12-7-6-8-13-28)24-36(26(3)4)40(35)46-38-22-27(5)18-21-37(38)45-44(46)34-16-11-15-31-33-20-19-32-30-14-9-10-17-39(30)47-42(32)43(33)48-41(31)34;1-15(2,3)13-9-10-16-14(11-13)12-7-5-4-6-8-12;/h6-15,17-26H,1-5H3;4-7,9-11H,1-3H3;/q2*-1;/i5D3;;. The van der Waals surface area contributed by atoms with Crippen molar-refractivity contribution >= 4 is 54.9 Å². The smallest absolute Gasteiger partial charge is 0.177 e. The average Bonchev–Trinajstić information content (AvgIpc) is 4.03. The Hall–Kier alpha value is -6.59. The normalized spacial score (nSPS) is 12.7. The summed E-state index contributed by atoms with van der Waals surface area (Å²) in [7, 11) is 0. The average molecular weight is 1030 g/mol. The Labute approximate surface area is 398 Å². The number of imidazole rings is 1. The molecule has 0 saturated heterocycles. The molecule has 0 bridgehead atoms. The number of para-hydroxylation sites is 1. The van der Waals surface area contributed by atoms with Gasteiger partial charge in [-0.15, -0.1) is 54.1 Å². The van der Waals surface area contributed by atoms with Crippen LogP contribution in [-0.4, -0.2) is 14.5 Å².